The summed E-state index contributed by atoms with van der Waals surface area (Å²) in [5.74, 6) is -21.1. The quantitative estimate of drug-likeness (QED) is 0.0127. The molecule has 16 amide bonds. The predicted octanol–water partition coefficient (Wildman–Crippen LogP) is -10.3. The van der Waals surface area contributed by atoms with Crippen molar-refractivity contribution in [3.05, 3.63) is 59.7 Å². The van der Waals surface area contributed by atoms with E-state index in [1.807, 2.05) is 0 Å². The molecule has 136 heavy (non-hydrogen) atoms. The van der Waals surface area contributed by atoms with Crippen molar-refractivity contribution in [2.45, 2.75) is 271 Å². The number of unbranched alkanes of at least 4 members (excludes halogenated alkanes) is 1. The number of nitrogens with two attached hydrogens (primary N) is 8. The number of phenols is 2. The number of carbonyl (C=O) groups is 17. The van der Waals surface area contributed by atoms with Crippen LogP contribution in [0.5, 0.6) is 11.5 Å². The molecule has 0 unspecified atom stereocenters. The Bertz CT molecular complexity index is 4370. The van der Waals surface area contributed by atoms with Crippen LogP contribution < -0.4 is 131 Å². The second-order valence-corrected chi connectivity index (χ2v) is 35.6. The molecule has 0 bridgehead atoms. The monoisotopic (exact) mass is 1960 g/mol. The molecule has 2 aromatic carbocycles. The molecule has 50 nitrogen and oxygen atoms in total. The van der Waals surface area contributed by atoms with Crippen LogP contribution >= 0.6 is 25.3 Å². The van der Waals surface area contributed by atoms with Crippen molar-refractivity contribution in [1.82, 2.24) is 90.0 Å². The Morgan fingerprint density at radius 1 is 0.456 bits per heavy atom. The Balaban J connectivity index is 1.96. The third-order valence-corrected chi connectivity index (χ3v) is 22.6. The maximum absolute atomic E-state index is 15.0. The maximum atomic E-state index is 15.0. The number of thiol groups is 2. The Hall–Kier alpha value is -12.0. The third-order valence-electron chi connectivity index (χ3n) is 22.0. The minimum atomic E-state index is -2.01. The molecule has 3 rings (SSSR count). The molecule has 0 spiro atoms. The number of nitrogens with one attached hydrogen (secondary N) is 18. The fourth-order valence-corrected chi connectivity index (χ4v) is 14.4. The number of phenolic OH excluding ortho intramolecular Hbond substituents is 2. The van der Waals surface area contributed by atoms with Crippen molar-refractivity contribution in [2.24, 2.45) is 57.7 Å². The van der Waals surface area contributed by atoms with Gasteiger partial charge in [0.25, 0.3) is 0 Å². The Morgan fingerprint density at radius 2 is 0.801 bits per heavy atom. The Morgan fingerprint density at radius 3 is 1.17 bits per heavy atom. The van der Waals surface area contributed by atoms with Gasteiger partial charge >= 0.3 is 5.97 Å². The summed E-state index contributed by atoms with van der Waals surface area (Å²) in [4.78, 5) is 241. The number of aliphatic carboxylic acids is 1. The van der Waals surface area contributed by atoms with Gasteiger partial charge in [0.2, 0.25) is 94.5 Å². The summed E-state index contributed by atoms with van der Waals surface area (Å²) in [5, 5.41) is 117. The number of likely N-dealkylation sites (tertiary alicyclic amines) is 1. The number of aliphatic hydroxyl groups is 3. The number of aromatic hydroxyl groups is 2. The van der Waals surface area contributed by atoms with Gasteiger partial charge in [0.1, 0.15) is 102 Å². The van der Waals surface area contributed by atoms with Crippen LogP contribution in [0.15, 0.2) is 48.5 Å². The fraction of sp³-hybridized carbons (Fsp3) is 0.631. The number of aliphatic hydroxyl groups excluding tert-OH is 3. The van der Waals surface area contributed by atoms with Gasteiger partial charge in [-0.3, -0.25) is 87.5 Å². The number of β-amino-alcohol motifs (C(OH)–C–C–N with tert-alkyl or cyclic N) is 1. The van der Waals surface area contributed by atoms with Gasteiger partial charge in [-0.25, -0.2) is 4.79 Å². The molecule has 0 aromatic heterocycles. The molecule has 1 aliphatic heterocycles. The summed E-state index contributed by atoms with van der Waals surface area (Å²) in [5.41, 5.74) is 47.1. The first-order valence-electron chi connectivity index (χ1n) is 44.6. The number of benzene rings is 2. The first kappa shape index (κ1) is 118. The topological polar surface area (TPSA) is 863 Å². The van der Waals surface area contributed by atoms with Gasteiger partial charge in [-0.1, -0.05) is 58.4 Å². The van der Waals surface area contributed by atoms with Crippen molar-refractivity contribution < 1.29 is 112 Å². The second kappa shape index (κ2) is 59.1. The van der Waals surface area contributed by atoms with Crippen LogP contribution in [0.4, 0.5) is 0 Å². The number of nitrogens with zero attached hydrogens (tertiary/aromatic N) is 1. The summed E-state index contributed by atoms with van der Waals surface area (Å²) in [7, 11) is 0. The number of hydrogen-bond donors (Lipinski definition) is 34. The minimum absolute atomic E-state index is 0.00920. The number of primary amides is 1. The average Bonchev–Trinajstić information content (AvgIpc) is 1.45. The minimum Gasteiger partial charge on any atom is -0.508 e. The lowest BCUT2D eigenvalue weighted by atomic mass is 9.96. The van der Waals surface area contributed by atoms with Gasteiger partial charge in [-0.05, 0) is 165 Å². The van der Waals surface area contributed by atoms with E-state index in [9.17, 15) is 107 Å². The zero-order valence-electron chi connectivity index (χ0n) is 77.6. The lowest BCUT2D eigenvalue weighted by Crippen LogP contribution is -2.64. The largest absolute Gasteiger partial charge is 0.508 e. The SMILES string of the molecule is CC[C@H](C)[C@H](NC(=O)[C@@H]1C[C@@H](O)CN1C(=O)[C@@H](N)C(C)C)C(=O)N[C@@H](CCCNC(=N)N)C(=O)N[C@@H](Cc1ccc(O)cc1)C(=O)N[C@H](C(=O)N[C@@H](CC(N)=O)C(=O)N[C@@H](CCCNC(=N)N)C(=O)N[C@@H](CCN)C(=O)N[C@H](C(=O)N[C@H](CCN)C(=O)N[C@@H](CCCCN)C(=O)N[C@@H](CS)C(=O)N[C@@H](CCN)C(=O)N[C@H](C(=O)N[C@@H](Cc1ccc(O)cc1)C(=O)O)[C@@H](C)O)[C@@H](C)O)C(C)(C)S. The smallest absolute Gasteiger partial charge is 0.326 e. The lowest BCUT2D eigenvalue weighted by molar-refractivity contribution is -0.143. The second-order valence-electron chi connectivity index (χ2n) is 34.1. The average molecular weight is 1960 g/mol. The van der Waals surface area contributed by atoms with Crippen molar-refractivity contribution in [3.63, 3.8) is 0 Å². The molecule has 0 aliphatic carbocycles. The number of guanidine groups is 2. The van der Waals surface area contributed by atoms with Crippen molar-refractivity contribution in [1.29, 1.82) is 10.8 Å². The molecular weight excluding hydrogens is 1820 g/mol. The highest BCUT2D eigenvalue weighted by atomic mass is 32.1. The van der Waals surface area contributed by atoms with Crippen molar-refractivity contribution in [2.75, 3.05) is 51.6 Å². The van der Waals surface area contributed by atoms with Crippen molar-refractivity contribution in [3.8, 4) is 11.5 Å². The zero-order chi connectivity index (χ0) is 103. The molecule has 40 N–H and O–H groups in total. The molecule has 1 fully saturated rings. The van der Waals surface area contributed by atoms with Gasteiger partial charge in [-0.2, -0.15) is 25.3 Å². The Labute approximate surface area is 798 Å². The van der Waals surface area contributed by atoms with Gasteiger partial charge in [-0.15, -0.1) is 0 Å². The standard InChI is InChI=1S/C84H141N27O23S2/c1-9-41(4)62(107-75(127)59-36-48(116)38-111(59)80(132)61(90)40(2)3)76(128)101-51(16-13-33-96-83(93)94)67(119)103-55(34-44-17-21-46(114)22-18-44)73(125)110-65(84(7,8)136)79(131)104-56(37-60(89)117)72(124)98-50(15-12-32-95-82(91)92)66(118)99-53(26-30-87)70(122)108-63(42(5)112)77(129)102-52(25-29-86)69(121)97-49(14-10-11-28-85)68(120)106-58(39-135)74(126)100-54(27-31-88)71(123)109-64(43(6)113)78(130)105-57(81(133)134)35-45-19-23-47(115)24-20-45/h17-24,40-43,48-59,61-65,112-116,135-136H,9-16,25-39,85-88,90H2,1-8H3,(H2,89,117)(H,97,121)(H,98,124)(H,99,118)(H,100,126)(H,101,128)(H,102,129)(H,103,119)(H,104,131)(H,105,130)(H,106,120)(H,107,127)(H,108,122)(H,109,123)(H,110,125)(H,133,134)(H4,91,92,95)(H4,93,94,96)/t41-,42+,43+,48+,49-,50-,51-,52+,53-,54-,55-,56-,57-,58-,59-,61-,62-,63-,64-,65+/m0/s1. The summed E-state index contributed by atoms with van der Waals surface area (Å²) < 4.78 is -1.64. The van der Waals surface area contributed by atoms with E-state index in [0.29, 0.717) is 17.5 Å². The van der Waals surface area contributed by atoms with Crippen LogP contribution in [0.25, 0.3) is 0 Å². The molecule has 2 aromatic rings. The molecule has 762 valence electrons. The van der Waals surface area contributed by atoms with Gasteiger partial charge in [0, 0.05) is 49.4 Å². The lowest BCUT2D eigenvalue weighted by Gasteiger charge is -2.33. The van der Waals surface area contributed by atoms with E-state index in [-0.39, 0.29) is 140 Å². The first-order valence-corrected chi connectivity index (χ1v) is 45.7. The van der Waals surface area contributed by atoms with Gasteiger partial charge in [0.15, 0.2) is 11.9 Å². The van der Waals surface area contributed by atoms with Crippen LogP contribution in [0.3, 0.4) is 0 Å². The van der Waals surface area contributed by atoms with Crippen LogP contribution in [-0.4, -0.2) is 319 Å². The Kier molecular flexibility index (Phi) is 51.3. The highest BCUT2D eigenvalue weighted by Gasteiger charge is 2.46. The highest BCUT2D eigenvalue weighted by molar-refractivity contribution is 7.81. The molecule has 1 heterocycles. The zero-order valence-corrected chi connectivity index (χ0v) is 79.4. The van der Waals surface area contributed by atoms with E-state index in [0.717, 1.165) is 18.7 Å². The number of amides is 16. The normalized spacial score (nSPS) is 17.0. The molecule has 20 atom stereocenters. The van der Waals surface area contributed by atoms with Crippen LogP contribution in [-0.2, 0) is 94.3 Å². The van der Waals surface area contributed by atoms with E-state index in [1.165, 1.54) is 62.4 Å². The fourth-order valence-electron chi connectivity index (χ4n) is 13.9. The van der Waals surface area contributed by atoms with Crippen molar-refractivity contribution >= 4 is 138 Å². The molecule has 0 saturated carbocycles. The van der Waals surface area contributed by atoms with Gasteiger partial charge < -0.3 is 166 Å². The summed E-state index contributed by atoms with van der Waals surface area (Å²) >= 11 is 8.86. The van der Waals surface area contributed by atoms with E-state index in [2.05, 4.69) is 110 Å². The third kappa shape index (κ3) is 40.5. The van der Waals surface area contributed by atoms with E-state index < -0.39 is 257 Å². The van der Waals surface area contributed by atoms with E-state index >= 15 is 4.79 Å². The number of rotatable bonds is 61. The number of carbonyl (C=O) groups excluding carboxylic acids is 16. The van der Waals surface area contributed by atoms with E-state index in [1.54, 1.807) is 27.7 Å². The van der Waals surface area contributed by atoms with Crippen LogP contribution in [0, 0.1) is 22.7 Å². The van der Waals surface area contributed by atoms with Gasteiger partial charge in [0.05, 0.1) is 30.8 Å². The predicted molar refractivity (Wildman–Crippen MR) is 503 cm³/mol. The molecule has 52 heteroatoms. The highest BCUT2D eigenvalue weighted by Crippen LogP contribution is 2.24. The van der Waals surface area contributed by atoms with E-state index in [4.69, 9.17) is 56.7 Å². The van der Waals surface area contributed by atoms with Crippen LogP contribution in [0.2, 0.25) is 0 Å². The van der Waals surface area contributed by atoms with Crippen LogP contribution in [0.1, 0.15) is 150 Å². The number of hydrogen-bond acceptors (Lipinski definition) is 31. The maximum Gasteiger partial charge on any atom is 0.326 e. The number of carboxylic acids is 1. The summed E-state index contributed by atoms with van der Waals surface area (Å²) in [6.07, 6.45) is -7.50. The number of carboxylic acid groups (broad SMARTS) is 1. The first-order chi connectivity index (χ1) is 63.9. The summed E-state index contributed by atoms with van der Waals surface area (Å²) in [6.45, 7) is 10.6. The molecule has 0 radical (unpaired) electrons. The molecular formula is C84H141N27O23S2. The summed E-state index contributed by atoms with van der Waals surface area (Å²) in [6, 6.07) is -15.1. The molecule has 1 aliphatic rings. The molecule has 1 saturated heterocycles.